The van der Waals surface area contributed by atoms with E-state index in [-0.39, 0.29) is 15.7 Å². The molecule has 1 aromatic carbocycles. The van der Waals surface area contributed by atoms with Crippen molar-refractivity contribution in [3.8, 4) is 11.3 Å². The maximum atomic E-state index is 12.8. The van der Waals surface area contributed by atoms with E-state index in [1.165, 1.54) is 12.1 Å². The third-order valence-corrected chi connectivity index (χ3v) is 8.94. The van der Waals surface area contributed by atoms with Gasteiger partial charge in [-0.2, -0.15) is 0 Å². The van der Waals surface area contributed by atoms with E-state index in [1.807, 2.05) is 19.9 Å². The zero-order chi connectivity index (χ0) is 27.7. The molecular weight excluding hydrogens is 534 g/mol. The Labute approximate surface area is 234 Å². The largest absolute Gasteiger partial charge is 0.351 e. The first-order chi connectivity index (χ1) is 18.6. The number of hydrogen-bond donors (Lipinski definition) is 2. The van der Waals surface area contributed by atoms with Crippen molar-refractivity contribution in [2.75, 3.05) is 24.1 Å². The first kappa shape index (κ1) is 27.1. The summed E-state index contributed by atoms with van der Waals surface area (Å²) >= 11 is 6.00. The lowest BCUT2D eigenvalue weighted by Gasteiger charge is -2.32. The van der Waals surface area contributed by atoms with Crippen LogP contribution in [0.1, 0.15) is 36.8 Å². The Balaban J connectivity index is 1.35. The van der Waals surface area contributed by atoms with Crippen LogP contribution in [0.3, 0.4) is 0 Å². The minimum absolute atomic E-state index is 0.0357. The van der Waals surface area contributed by atoms with E-state index in [0.717, 1.165) is 47.9 Å². The maximum Gasteiger partial charge on any atom is 0.265 e. The van der Waals surface area contributed by atoms with Crippen LogP contribution >= 0.6 is 11.6 Å². The van der Waals surface area contributed by atoms with E-state index in [1.54, 1.807) is 18.5 Å². The highest BCUT2D eigenvalue weighted by atomic mass is 35.5. The van der Waals surface area contributed by atoms with Crippen LogP contribution in [0.5, 0.6) is 0 Å². The van der Waals surface area contributed by atoms with Crippen LogP contribution in [0.25, 0.3) is 22.3 Å². The lowest BCUT2D eigenvalue weighted by Crippen LogP contribution is -2.36. The normalized spacial score (nSPS) is 17.7. The molecule has 11 heteroatoms. The molecule has 1 saturated carbocycles. The van der Waals surface area contributed by atoms with Crippen LogP contribution in [-0.2, 0) is 10.0 Å². The fraction of sp³-hybridized carbons (Fsp3) is 0.357. The summed E-state index contributed by atoms with van der Waals surface area (Å²) in [6.45, 7) is 3.87. The molecule has 9 nitrogen and oxygen atoms in total. The first-order valence-electron chi connectivity index (χ1n) is 12.8. The quantitative estimate of drug-likeness (QED) is 0.321. The van der Waals surface area contributed by atoms with Gasteiger partial charge in [0.25, 0.3) is 10.0 Å². The predicted molar refractivity (Wildman–Crippen MR) is 153 cm³/mol. The van der Waals surface area contributed by atoms with Crippen molar-refractivity contribution in [3.05, 3.63) is 64.9 Å². The van der Waals surface area contributed by atoms with Crippen LogP contribution in [0.4, 0.5) is 11.8 Å². The molecule has 3 heterocycles. The highest BCUT2D eigenvalue weighted by Crippen LogP contribution is 2.29. The van der Waals surface area contributed by atoms with Crippen LogP contribution in [0, 0.1) is 26.0 Å². The Hall–Kier alpha value is -3.52. The van der Waals surface area contributed by atoms with Crippen LogP contribution in [0.15, 0.2) is 41.6 Å². The van der Waals surface area contributed by atoms with Gasteiger partial charge in [-0.15, -0.1) is 0 Å². The fourth-order valence-electron chi connectivity index (χ4n) is 4.95. The van der Waals surface area contributed by atoms with E-state index >= 15 is 0 Å². The molecule has 0 atom stereocenters. The summed E-state index contributed by atoms with van der Waals surface area (Å²) in [5, 5.41) is 3.47. The molecule has 202 valence electrons. The number of anilines is 2. The first-order valence-corrected chi connectivity index (χ1v) is 14.6. The molecular formula is C28H30ClN7O2S. The summed E-state index contributed by atoms with van der Waals surface area (Å²) in [4.78, 5) is 20.6. The highest BCUT2D eigenvalue weighted by molar-refractivity contribution is 7.92. The van der Waals surface area contributed by atoms with Gasteiger partial charge in [0.15, 0.2) is 0 Å². The number of nitrogens with zero attached hydrogens (tertiary/aromatic N) is 5. The number of halogens is 1. The number of aryl methyl sites for hydroxylation is 2. The van der Waals surface area contributed by atoms with Gasteiger partial charge in [0, 0.05) is 23.8 Å². The molecule has 1 aliphatic carbocycles. The second-order valence-electron chi connectivity index (χ2n) is 10.1. The standard InChI is InChI=1S/C28H30ClN7O2S/c1-17-14-26(35-39(37,38)25-8-6-5-7-22(25)29)30-15-21(17)23-13-18(2)27-24(33-23)16-31-28(34-27)32-19-9-11-20(12-10-19)36(3)4/h6,8,13-16,19-20H,9-12H2,1-4H3,(H,30,35)(H,31,32,34)/t19-,20-. The van der Waals surface area contributed by atoms with Gasteiger partial charge >= 0.3 is 0 Å². The number of nitrogens with one attached hydrogen (secondary N) is 2. The maximum absolute atomic E-state index is 12.8. The second-order valence-corrected chi connectivity index (χ2v) is 12.2. The number of rotatable bonds is 7. The van der Waals surface area contributed by atoms with Crippen LogP contribution in [0.2, 0.25) is 5.02 Å². The Morgan fingerprint density at radius 2 is 1.79 bits per heavy atom. The molecule has 0 saturated heterocycles. The summed E-state index contributed by atoms with van der Waals surface area (Å²) in [6, 6.07) is 12.6. The Morgan fingerprint density at radius 3 is 2.49 bits per heavy atom. The molecule has 0 amide bonds. The molecule has 1 fully saturated rings. The third kappa shape index (κ3) is 5.91. The summed E-state index contributed by atoms with van der Waals surface area (Å²) in [6.07, 6.45) is 7.85. The lowest BCUT2D eigenvalue weighted by atomic mass is 9.91. The van der Waals surface area contributed by atoms with Crippen molar-refractivity contribution in [2.24, 2.45) is 0 Å². The number of pyridine rings is 2. The van der Waals surface area contributed by atoms with Gasteiger partial charge in [0.05, 0.1) is 17.4 Å². The molecule has 3 aromatic heterocycles. The van der Waals surface area contributed by atoms with Crippen molar-refractivity contribution in [2.45, 2.75) is 56.5 Å². The monoisotopic (exact) mass is 563 g/mol. The SMILES string of the molecule is Cc1cc(NS(=O)(=O)c2ccc#cc2Cl)ncc1-c1cc(C)c2nc(N[C@H]3CC[C@H](N(C)C)CC3)ncc2n1. The predicted octanol–water partition coefficient (Wildman–Crippen LogP) is 5.04. The third-order valence-electron chi connectivity index (χ3n) is 7.13. The summed E-state index contributed by atoms with van der Waals surface area (Å²) in [5.41, 5.74) is 4.74. The zero-order valence-electron chi connectivity index (χ0n) is 22.3. The van der Waals surface area contributed by atoms with Gasteiger partial charge in [0.2, 0.25) is 5.95 Å². The van der Waals surface area contributed by atoms with E-state index in [9.17, 15) is 8.42 Å². The van der Waals surface area contributed by atoms with Gasteiger partial charge in [-0.25, -0.2) is 28.4 Å². The van der Waals surface area contributed by atoms with Crippen LogP contribution < -0.4 is 10.0 Å². The van der Waals surface area contributed by atoms with Gasteiger partial charge in [-0.05, 0) is 95.1 Å². The minimum Gasteiger partial charge on any atom is -0.351 e. The fourth-order valence-corrected chi connectivity index (χ4v) is 6.40. The number of fused-ring (bicyclic) bond motifs is 1. The summed E-state index contributed by atoms with van der Waals surface area (Å²) < 4.78 is 28.0. The molecule has 2 N–H and O–H groups in total. The molecule has 39 heavy (non-hydrogen) atoms. The van der Waals surface area contributed by atoms with Crippen molar-refractivity contribution >= 4 is 44.4 Å². The Kier molecular flexibility index (Phi) is 7.58. The van der Waals surface area contributed by atoms with Crippen molar-refractivity contribution in [1.29, 1.82) is 0 Å². The van der Waals surface area contributed by atoms with Gasteiger partial charge in [0.1, 0.15) is 21.3 Å². The molecule has 0 bridgehead atoms. The van der Waals surface area contributed by atoms with Crippen molar-refractivity contribution in [3.63, 3.8) is 0 Å². The van der Waals surface area contributed by atoms with E-state index in [0.29, 0.717) is 29.2 Å². The van der Waals surface area contributed by atoms with Crippen molar-refractivity contribution < 1.29 is 8.42 Å². The molecule has 5 rings (SSSR count). The minimum atomic E-state index is -3.93. The average Bonchev–Trinajstić information content (AvgIpc) is 2.89. The number of aromatic nitrogens is 4. The van der Waals surface area contributed by atoms with Crippen LogP contribution in [-0.4, -0.2) is 59.4 Å². The average molecular weight is 564 g/mol. The highest BCUT2D eigenvalue weighted by Gasteiger charge is 2.23. The van der Waals surface area contributed by atoms with Gasteiger partial charge in [-0.3, -0.25) is 4.72 Å². The summed E-state index contributed by atoms with van der Waals surface area (Å²) in [7, 11) is 0.351. The van der Waals surface area contributed by atoms with E-state index < -0.39 is 10.0 Å². The molecule has 0 aliphatic heterocycles. The Morgan fingerprint density at radius 1 is 1.03 bits per heavy atom. The molecule has 0 spiro atoms. The summed E-state index contributed by atoms with van der Waals surface area (Å²) in [5.74, 6) is 0.799. The van der Waals surface area contributed by atoms with E-state index in [2.05, 4.69) is 51.1 Å². The topological polar surface area (TPSA) is 113 Å². The van der Waals surface area contributed by atoms with Gasteiger partial charge < -0.3 is 10.2 Å². The lowest BCUT2D eigenvalue weighted by molar-refractivity contribution is 0.221. The van der Waals surface area contributed by atoms with E-state index in [4.69, 9.17) is 21.6 Å². The van der Waals surface area contributed by atoms with Gasteiger partial charge in [-0.1, -0.05) is 17.7 Å². The molecule has 1 aliphatic rings. The molecule has 4 aromatic rings. The smallest absolute Gasteiger partial charge is 0.265 e. The Bertz CT molecular complexity index is 1620. The second kappa shape index (κ2) is 10.9. The number of hydrogen-bond acceptors (Lipinski definition) is 8. The number of sulfonamides is 1. The molecule has 0 unspecified atom stereocenters. The zero-order valence-corrected chi connectivity index (χ0v) is 23.9. The molecule has 0 radical (unpaired) electrons. The van der Waals surface area contributed by atoms with Crippen molar-refractivity contribution in [1.82, 2.24) is 24.8 Å².